The van der Waals surface area contributed by atoms with Gasteiger partial charge in [0, 0.05) is 49.6 Å². The van der Waals surface area contributed by atoms with Gasteiger partial charge in [0.25, 0.3) is 5.91 Å². The van der Waals surface area contributed by atoms with Crippen molar-refractivity contribution >= 4 is 40.4 Å². The molecule has 35 heavy (non-hydrogen) atoms. The van der Waals surface area contributed by atoms with Crippen LogP contribution in [-0.2, 0) is 0 Å². The molecule has 0 aliphatic carbocycles. The van der Waals surface area contributed by atoms with Crippen LogP contribution in [0.25, 0.3) is 16.6 Å². The van der Waals surface area contributed by atoms with Gasteiger partial charge in [-0.2, -0.15) is 0 Å². The summed E-state index contributed by atoms with van der Waals surface area (Å²) in [6.07, 6.45) is 10.1. The van der Waals surface area contributed by atoms with E-state index in [9.17, 15) is 4.79 Å². The van der Waals surface area contributed by atoms with Crippen LogP contribution in [0.15, 0.2) is 66.0 Å². The van der Waals surface area contributed by atoms with Gasteiger partial charge >= 0.3 is 0 Å². The molecule has 3 rings (SSSR count). The number of allylic oxidation sites excluding steroid dienone is 1. The van der Waals surface area contributed by atoms with Gasteiger partial charge in [-0.15, -0.1) is 0 Å². The van der Waals surface area contributed by atoms with Crippen molar-refractivity contribution in [2.45, 2.75) is 27.2 Å². The van der Waals surface area contributed by atoms with Gasteiger partial charge < -0.3 is 20.5 Å². The summed E-state index contributed by atoms with van der Waals surface area (Å²) in [5.41, 5.74) is 5.59. The predicted molar refractivity (Wildman–Crippen MR) is 145 cm³/mol. The Labute approximate surface area is 206 Å². The van der Waals surface area contributed by atoms with E-state index >= 15 is 0 Å². The number of anilines is 2. The number of rotatable bonds is 10. The van der Waals surface area contributed by atoms with Gasteiger partial charge in [-0.3, -0.25) is 9.79 Å². The second kappa shape index (κ2) is 11.8. The van der Waals surface area contributed by atoms with E-state index in [0.717, 1.165) is 45.5 Å². The molecule has 0 aliphatic rings. The molecule has 0 saturated heterocycles. The highest BCUT2D eigenvalue weighted by atomic mass is 16.1. The van der Waals surface area contributed by atoms with Gasteiger partial charge in [-0.1, -0.05) is 19.6 Å². The number of hydrogen-bond acceptors (Lipinski definition) is 6. The van der Waals surface area contributed by atoms with Gasteiger partial charge in [0.05, 0.1) is 11.4 Å². The van der Waals surface area contributed by atoms with Gasteiger partial charge in [0.15, 0.2) is 0 Å². The van der Waals surface area contributed by atoms with Crippen molar-refractivity contribution in [2.24, 2.45) is 4.99 Å². The maximum absolute atomic E-state index is 12.7. The second-order valence-electron chi connectivity index (χ2n) is 8.34. The number of H-pyrrole nitrogens is 1. The molecule has 2 heterocycles. The molecule has 0 fully saturated rings. The van der Waals surface area contributed by atoms with E-state index in [1.165, 1.54) is 0 Å². The van der Waals surface area contributed by atoms with E-state index < -0.39 is 0 Å². The number of aryl methyl sites for hydroxylation is 1. The fourth-order valence-corrected chi connectivity index (χ4v) is 3.39. The minimum absolute atomic E-state index is 0.183. The third-order valence-corrected chi connectivity index (χ3v) is 5.12. The molecule has 1 amide bonds. The highest BCUT2D eigenvalue weighted by Gasteiger charge is 2.12. The summed E-state index contributed by atoms with van der Waals surface area (Å²) in [5, 5.41) is 7.10. The van der Waals surface area contributed by atoms with Crippen LogP contribution in [0, 0.1) is 6.92 Å². The zero-order valence-corrected chi connectivity index (χ0v) is 21.0. The van der Waals surface area contributed by atoms with E-state index in [1.54, 1.807) is 6.20 Å². The number of aliphatic imine (C=N–C) groups is 1. The highest BCUT2D eigenvalue weighted by molar-refractivity contribution is 5.99. The molecule has 2 aromatic heterocycles. The van der Waals surface area contributed by atoms with Crippen molar-refractivity contribution < 1.29 is 4.79 Å². The molecule has 0 radical (unpaired) electrons. The summed E-state index contributed by atoms with van der Waals surface area (Å²) in [6.45, 7) is 10.3. The lowest BCUT2D eigenvalue weighted by atomic mass is 10.1. The molecule has 0 bridgehead atoms. The number of carbonyl (C=O) groups excluding carboxylic acids is 1. The lowest BCUT2D eigenvalue weighted by molar-refractivity contribution is 0.0953. The number of benzene rings is 1. The summed E-state index contributed by atoms with van der Waals surface area (Å²) in [4.78, 5) is 31.2. The normalized spacial score (nSPS) is 12.0. The van der Waals surface area contributed by atoms with Crippen molar-refractivity contribution in [3.63, 3.8) is 0 Å². The van der Waals surface area contributed by atoms with Crippen LogP contribution in [0.3, 0.4) is 0 Å². The van der Waals surface area contributed by atoms with E-state index in [4.69, 9.17) is 0 Å². The second-order valence-corrected chi connectivity index (χ2v) is 8.34. The molecule has 182 valence electrons. The zero-order valence-electron chi connectivity index (χ0n) is 21.0. The average Bonchev–Trinajstić information content (AvgIpc) is 3.27. The molecule has 0 spiro atoms. The molecular weight excluding hydrogens is 438 g/mol. The fourth-order valence-electron chi connectivity index (χ4n) is 3.39. The van der Waals surface area contributed by atoms with Crippen molar-refractivity contribution in [3.05, 3.63) is 77.9 Å². The quantitative estimate of drug-likeness (QED) is 0.278. The highest BCUT2D eigenvalue weighted by Crippen LogP contribution is 2.26. The van der Waals surface area contributed by atoms with Crippen molar-refractivity contribution in [3.8, 4) is 0 Å². The third-order valence-electron chi connectivity index (χ3n) is 5.12. The Hall–Kier alpha value is -4.20. The van der Waals surface area contributed by atoms with E-state index in [1.807, 2.05) is 88.6 Å². The first-order valence-electron chi connectivity index (χ1n) is 11.5. The van der Waals surface area contributed by atoms with Crippen LogP contribution >= 0.6 is 0 Å². The first kappa shape index (κ1) is 25.4. The Morgan fingerprint density at radius 3 is 2.80 bits per heavy atom. The van der Waals surface area contributed by atoms with Gasteiger partial charge in [-0.05, 0) is 67.9 Å². The van der Waals surface area contributed by atoms with E-state index in [0.29, 0.717) is 18.2 Å². The molecule has 3 N–H and O–H groups in total. The lowest BCUT2D eigenvalue weighted by Gasteiger charge is -2.08. The number of nitrogens with one attached hydrogen (secondary N) is 3. The Balaban J connectivity index is 1.77. The standard InChI is InChI=1S/C27H33N7O/c1-7-11-28-22(8-2)23-9-12-29-27(33-23)31-21-14-19(4)25-20(15-21)16-24(32-25)26(35)30-17-18(3)10-13-34(5)6/h8-16,32H,3,7,17H2,1-2,4-6H3,(H,30,35)(H,29,31,33)/b13-10-,22-8-,28-11?. The molecule has 0 unspecified atom stereocenters. The molecule has 1 aromatic carbocycles. The molecule has 0 aliphatic heterocycles. The first-order valence-corrected chi connectivity index (χ1v) is 11.5. The maximum Gasteiger partial charge on any atom is 0.267 e. The summed E-state index contributed by atoms with van der Waals surface area (Å²) in [5.74, 6) is 0.294. The Bertz CT molecular complexity index is 1300. The van der Waals surface area contributed by atoms with Gasteiger partial charge in [0.1, 0.15) is 5.69 Å². The number of nitrogens with zero attached hydrogens (tertiary/aromatic N) is 4. The van der Waals surface area contributed by atoms with Crippen LogP contribution in [0.2, 0.25) is 0 Å². The van der Waals surface area contributed by atoms with Crippen LogP contribution < -0.4 is 10.6 Å². The minimum atomic E-state index is -0.183. The predicted octanol–water partition coefficient (Wildman–Crippen LogP) is 5.21. The Morgan fingerprint density at radius 1 is 1.29 bits per heavy atom. The Morgan fingerprint density at radius 2 is 2.09 bits per heavy atom. The van der Waals surface area contributed by atoms with Crippen LogP contribution in [0.1, 0.15) is 42.0 Å². The number of hydrogen-bond donors (Lipinski definition) is 3. The van der Waals surface area contributed by atoms with Crippen LogP contribution in [-0.4, -0.2) is 52.6 Å². The van der Waals surface area contributed by atoms with E-state index in [-0.39, 0.29) is 5.91 Å². The van der Waals surface area contributed by atoms with Gasteiger partial charge in [-0.25, -0.2) is 9.97 Å². The molecular formula is C27H33N7O. The topological polar surface area (TPSA) is 98.3 Å². The molecule has 3 aromatic rings. The fraction of sp³-hybridized carbons (Fsp3) is 0.259. The third kappa shape index (κ3) is 6.89. The smallest absolute Gasteiger partial charge is 0.267 e. The van der Waals surface area contributed by atoms with Crippen molar-refractivity contribution in [1.29, 1.82) is 0 Å². The largest absolute Gasteiger partial charge is 0.383 e. The molecule has 8 nitrogen and oxygen atoms in total. The number of fused-ring (bicyclic) bond motifs is 1. The lowest BCUT2D eigenvalue weighted by Crippen LogP contribution is -2.25. The first-order chi connectivity index (χ1) is 16.8. The van der Waals surface area contributed by atoms with Crippen LogP contribution in [0.4, 0.5) is 11.6 Å². The summed E-state index contributed by atoms with van der Waals surface area (Å²) in [7, 11) is 3.87. The molecule has 0 atom stereocenters. The monoisotopic (exact) mass is 471 g/mol. The minimum Gasteiger partial charge on any atom is -0.383 e. The van der Waals surface area contributed by atoms with Crippen molar-refractivity contribution in [1.82, 2.24) is 25.2 Å². The number of amides is 1. The number of aromatic amines is 1. The number of carbonyl (C=O) groups is 1. The summed E-state index contributed by atoms with van der Waals surface area (Å²) >= 11 is 0. The molecule has 0 saturated carbocycles. The SMILES string of the molecule is C=C(/C=C\N(C)C)CNC(=O)c1cc2cc(Nc3nccc(/C(=C/C)N=CCC)n3)cc(C)c2[nH]1. The Kier molecular flexibility index (Phi) is 8.56. The number of aromatic nitrogens is 3. The zero-order chi connectivity index (χ0) is 25.4. The maximum atomic E-state index is 12.7. The van der Waals surface area contributed by atoms with Gasteiger partial charge in [0.2, 0.25) is 5.95 Å². The summed E-state index contributed by atoms with van der Waals surface area (Å²) < 4.78 is 0. The average molecular weight is 472 g/mol. The van der Waals surface area contributed by atoms with Crippen molar-refractivity contribution in [2.75, 3.05) is 26.0 Å². The van der Waals surface area contributed by atoms with Crippen LogP contribution in [0.5, 0.6) is 0 Å². The molecule has 8 heteroatoms. The van der Waals surface area contributed by atoms with E-state index in [2.05, 4.69) is 37.2 Å². The summed E-state index contributed by atoms with van der Waals surface area (Å²) in [6, 6.07) is 7.65.